The van der Waals surface area contributed by atoms with E-state index in [9.17, 15) is 28.8 Å². The Labute approximate surface area is 184 Å². The van der Waals surface area contributed by atoms with E-state index in [-0.39, 0.29) is 22.7 Å². The zero-order chi connectivity index (χ0) is 23.7. The Bertz CT molecular complexity index is 1090. The molecule has 0 atom stereocenters. The van der Waals surface area contributed by atoms with Gasteiger partial charge in [0.15, 0.2) is 11.6 Å². The third-order valence-electron chi connectivity index (χ3n) is 5.33. The molecule has 10 nitrogen and oxygen atoms in total. The van der Waals surface area contributed by atoms with E-state index in [1.165, 1.54) is 35.4 Å². The Morgan fingerprint density at radius 1 is 0.625 bits per heavy atom. The molecule has 0 aliphatic heterocycles. The summed E-state index contributed by atoms with van der Waals surface area (Å²) in [5.41, 5.74) is -2.32. The zero-order valence-corrected chi connectivity index (χ0v) is 18.6. The molecule has 0 aliphatic carbocycles. The zero-order valence-electron chi connectivity index (χ0n) is 18.6. The van der Waals surface area contributed by atoms with Crippen LogP contribution >= 0.6 is 0 Å². The molecule has 0 aliphatic rings. The second kappa shape index (κ2) is 11.9. The molecule has 0 saturated carbocycles. The number of Topliss-reactive ketones (excluding diaryl/α,β-unsaturated/α-hetero) is 2. The number of carbonyl (C=O) groups is 2. The van der Waals surface area contributed by atoms with Crippen LogP contribution in [0.15, 0.2) is 31.6 Å². The van der Waals surface area contributed by atoms with Gasteiger partial charge in [0.2, 0.25) is 0 Å². The van der Waals surface area contributed by atoms with Crippen LogP contribution < -0.4 is 22.5 Å². The number of aryl methyl sites for hydroxylation is 2. The maximum absolute atomic E-state index is 11.8. The van der Waals surface area contributed by atoms with E-state index in [0.29, 0.717) is 13.1 Å². The number of rotatable bonds is 13. The number of ketones is 2. The Morgan fingerprint density at radius 2 is 0.938 bits per heavy atom. The minimum absolute atomic E-state index is 0.00811. The quantitative estimate of drug-likeness (QED) is 0.353. The highest BCUT2D eigenvalue weighted by Gasteiger charge is 2.09. The van der Waals surface area contributed by atoms with Gasteiger partial charge in [0.05, 0.1) is 11.1 Å². The van der Waals surface area contributed by atoms with Crippen molar-refractivity contribution in [2.24, 2.45) is 0 Å². The monoisotopic (exact) mass is 446 g/mol. The number of unbranched alkanes of at least 4 members (excludes halogenated alkanes) is 7. The fourth-order valence-electron chi connectivity index (χ4n) is 3.48. The van der Waals surface area contributed by atoms with Crippen LogP contribution in [0.25, 0.3) is 0 Å². The van der Waals surface area contributed by atoms with E-state index < -0.39 is 22.5 Å². The topological polar surface area (TPSA) is 144 Å². The van der Waals surface area contributed by atoms with Gasteiger partial charge in [-0.15, -0.1) is 0 Å². The highest BCUT2D eigenvalue weighted by atomic mass is 16.2. The third kappa shape index (κ3) is 7.14. The number of nitrogens with zero attached hydrogens (tertiary/aromatic N) is 2. The molecule has 174 valence electrons. The maximum atomic E-state index is 11.8. The summed E-state index contributed by atoms with van der Waals surface area (Å²) in [5, 5.41) is 0. The van der Waals surface area contributed by atoms with Crippen LogP contribution in [0.4, 0.5) is 0 Å². The molecular weight excluding hydrogens is 416 g/mol. The lowest BCUT2D eigenvalue weighted by Crippen LogP contribution is -2.32. The lowest BCUT2D eigenvalue weighted by molar-refractivity contribution is 0.100. The standard InChI is InChI=1S/C22H30N4O6/c1-15(27)17-13-25(21(31)23-19(17)29)11-9-7-5-3-4-6-8-10-12-26-14-18(16(2)28)20(30)24-22(26)32/h13-14H,3-12H2,1-2H3,(H,23,29,31)(H,24,30,32). The lowest BCUT2D eigenvalue weighted by Gasteiger charge is -2.07. The van der Waals surface area contributed by atoms with Gasteiger partial charge in [-0.2, -0.15) is 0 Å². The first kappa shape index (κ1) is 25.0. The van der Waals surface area contributed by atoms with Crippen LogP contribution in [0.1, 0.15) is 85.9 Å². The molecule has 0 radical (unpaired) electrons. The number of hydrogen-bond acceptors (Lipinski definition) is 6. The summed E-state index contributed by atoms with van der Waals surface area (Å²) in [5.74, 6) is -0.741. The van der Waals surface area contributed by atoms with Crippen LogP contribution in [-0.4, -0.2) is 30.7 Å². The van der Waals surface area contributed by atoms with Gasteiger partial charge in [-0.05, 0) is 26.7 Å². The van der Waals surface area contributed by atoms with Crippen molar-refractivity contribution in [2.45, 2.75) is 78.3 Å². The first-order valence-corrected chi connectivity index (χ1v) is 10.9. The van der Waals surface area contributed by atoms with Gasteiger partial charge in [0.1, 0.15) is 0 Å². The molecule has 2 aromatic rings. The highest BCUT2D eigenvalue weighted by molar-refractivity contribution is 5.93. The van der Waals surface area contributed by atoms with Gasteiger partial charge >= 0.3 is 11.4 Å². The predicted octanol–water partition coefficient (Wildman–Crippen LogP) is 1.61. The average molecular weight is 447 g/mol. The van der Waals surface area contributed by atoms with Gasteiger partial charge in [-0.3, -0.25) is 38.3 Å². The van der Waals surface area contributed by atoms with Crippen molar-refractivity contribution in [1.29, 1.82) is 0 Å². The summed E-state index contributed by atoms with van der Waals surface area (Å²) in [6.07, 6.45) is 10.2. The Hall–Kier alpha value is -3.30. The normalized spacial score (nSPS) is 10.9. The van der Waals surface area contributed by atoms with E-state index in [0.717, 1.165) is 51.4 Å². The molecule has 10 heteroatoms. The number of carbonyl (C=O) groups excluding carboxylic acids is 2. The molecule has 0 saturated heterocycles. The minimum atomic E-state index is -0.650. The molecule has 2 heterocycles. The van der Waals surface area contributed by atoms with Crippen LogP contribution in [-0.2, 0) is 13.1 Å². The van der Waals surface area contributed by atoms with Crippen LogP contribution in [0.3, 0.4) is 0 Å². The van der Waals surface area contributed by atoms with Crippen LogP contribution in [0.2, 0.25) is 0 Å². The fourth-order valence-corrected chi connectivity index (χ4v) is 3.48. The van der Waals surface area contributed by atoms with Crippen LogP contribution in [0, 0.1) is 0 Å². The first-order valence-electron chi connectivity index (χ1n) is 10.9. The van der Waals surface area contributed by atoms with Crippen molar-refractivity contribution in [2.75, 3.05) is 0 Å². The van der Waals surface area contributed by atoms with E-state index in [2.05, 4.69) is 9.97 Å². The largest absolute Gasteiger partial charge is 0.328 e. The van der Waals surface area contributed by atoms with Gasteiger partial charge in [0.25, 0.3) is 11.1 Å². The number of nitrogens with one attached hydrogen (secondary N) is 2. The van der Waals surface area contributed by atoms with Crippen molar-refractivity contribution in [1.82, 2.24) is 19.1 Å². The summed E-state index contributed by atoms with van der Waals surface area (Å²) in [4.78, 5) is 74.0. The second-order valence-electron chi connectivity index (χ2n) is 7.93. The van der Waals surface area contributed by atoms with Crippen molar-refractivity contribution in [3.63, 3.8) is 0 Å². The lowest BCUT2D eigenvalue weighted by atomic mass is 10.1. The molecular formula is C22H30N4O6. The van der Waals surface area contributed by atoms with Gasteiger partial charge in [0, 0.05) is 25.5 Å². The number of hydrogen-bond donors (Lipinski definition) is 2. The molecule has 0 spiro atoms. The van der Waals surface area contributed by atoms with Crippen LogP contribution in [0.5, 0.6) is 0 Å². The molecule has 0 aromatic carbocycles. The van der Waals surface area contributed by atoms with Gasteiger partial charge in [-0.25, -0.2) is 9.59 Å². The first-order chi connectivity index (χ1) is 15.2. The average Bonchev–Trinajstić information content (AvgIpc) is 2.71. The Balaban J connectivity index is 1.63. The maximum Gasteiger partial charge on any atom is 0.328 e. The van der Waals surface area contributed by atoms with E-state index in [1.54, 1.807) is 0 Å². The van der Waals surface area contributed by atoms with Gasteiger partial charge < -0.3 is 0 Å². The van der Waals surface area contributed by atoms with E-state index >= 15 is 0 Å². The smallest absolute Gasteiger partial charge is 0.300 e. The number of H-pyrrole nitrogens is 2. The van der Waals surface area contributed by atoms with E-state index in [1.807, 2.05) is 0 Å². The molecule has 0 bridgehead atoms. The number of aromatic nitrogens is 4. The van der Waals surface area contributed by atoms with Crippen molar-refractivity contribution >= 4 is 11.6 Å². The molecule has 0 fully saturated rings. The number of aromatic amines is 2. The third-order valence-corrected chi connectivity index (χ3v) is 5.33. The summed E-state index contributed by atoms with van der Waals surface area (Å²) < 4.78 is 2.74. The highest BCUT2D eigenvalue weighted by Crippen LogP contribution is 2.09. The second-order valence-corrected chi connectivity index (χ2v) is 7.93. The van der Waals surface area contributed by atoms with E-state index in [4.69, 9.17) is 0 Å². The summed E-state index contributed by atoms with van der Waals surface area (Å²) in [6, 6.07) is 0. The van der Waals surface area contributed by atoms with Crippen molar-refractivity contribution < 1.29 is 9.59 Å². The predicted molar refractivity (Wildman–Crippen MR) is 120 cm³/mol. The summed E-state index contributed by atoms with van der Waals surface area (Å²) in [6.45, 7) is 3.49. The van der Waals surface area contributed by atoms with Crippen molar-refractivity contribution in [3.05, 3.63) is 65.2 Å². The molecule has 32 heavy (non-hydrogen) atoms. The molecule has 2 aromatic heterocycles. The van der Waals surface area contributed by atoms with Crippen molar-refractivity contribution in [3.8, 4) is 0 Å². The molecule has 0 unspecified atom stereocenters. The molecule has 0 amide bonds. The Morgan fingerprint density at radius 3 is 1.25 bits per heavy atom. The minimum Gasteiger partial charge on any atom is -0.300 e. The van der Waals surface area contributed by atoms with Gasteiger partial charge in [-0.1, -0.05) is 38.5 Å². The molecule has 2 N–H and O–H groups in total. The summed E-state index contributed by atoms with van der Waals surface area (Å²) >= 11 is 0. The fraction of sp³-hybridized carbons (Fsp3) is 0.545. The Kier molecular flexibility index (Phi) is 9.30. The summed E-state index contributed by atoms with van der Waals surface area (Å²) in [7, 11) is 0. The molecule has 2 rings (SSSR count). The SMILES string of the molecule is CC(=O)c1cn(CCCCCCCCCCn2cc(C(C)=O)c(=O)[nH]c2=O)c(=O)[nH]c1=O.